The van der Waals surface area contributed by atoms with Crippen LogP contribution in [0.25, 0.3) is 0 Å². The molecule has 2 rings (SSSR count). The first-order valence-electron chi connectivity index (χ1n) is 7.52. The standard InChI is InChI=1S/C16H23N3O3.ClH/c1-11(17)7-8-15(20)18-12-9-10-19(16(12)21)13-5-3-4-6-14(13)22-2;/h3-6,11-12H,7-10,17H2,1-2H3,(H,18,20);1H. The van der Waals surface area contributed by atoms with Gasteiger partial charge in [-0.25, -0.2) is 0 Å². The lowest BCUT2D eigenvalue weighted by molar-refractivity contribution is -0.126. The van der Waals surface area contributed by atoms with Crippen molar-refractivity contribution >= 4 is 29.9 Å². The summed E-state index contributed by atoms with van der Waals surface area (Å²) in [5, 5.41) is 2.79. The highest BCUT2D eigenvalue weighted by molar-refractivity contribution is 6.02. The van der Waals surface area contributed by atoms with Crippen molar-refractivity contribution in [1.82, 2.24) is 5.32 Å². The van der Waals surface area contributed by atoms with Crippen LogP contribution in [0.5, 0.6) is 5.75 Å². The first kappa shape index (κ1) is 19.3. The molecule has 0 aromatic heterocycles. The van der Waals surface area contributed by atoms with E-state index in [1.165, 1.54) is 0 Å². The summed E-state index contributed by atoms with van der Waals surface area (Å²) >= 11 is 0. The molecule has 6 nitrogen and oxygen atoms in total. The first-order valence-corrected chi connectivity index (χ1v) is 7.52. The predicted molar refractivity (Wildman–Crippen MR) is 92.0 cm³/mol. The minimum absolute atomic E-state index is 0. The minimum Gasteiger partial charge on any atom is -0.495 e. The van der Waals surface area contributed by atoms with Crippen molar-refractivity contribution in [3.05, 3.63) is 24.3 Å². The van der Waals surface area contributed by atoms with Gasteiger partial charge < -0.3 is 20.7 Å². The number of halogens is 1. The van der Waals surface area contributed by atoms with E-state index in [1.54, 1.807) is 12.0 Å². The highest BCUT2D eigenvalue weighted by Crippen LogP contribution is 2.30. The van der Waals surface area contributed by atoms with Crippen molar-refractivity contribution in [2.75, 3.05) is 18.6 Å². The largest absolute Gasteiger partial charge is 0.495 e. The molecular formula is C16H24ClN3O3. The second-order valence-corrected chi connectivity index (χ2v) is 5.59. The van der Waals surface area contributed by atoms with Crippen molar-refractivity contribution in [2.24, 2.45) is 5.73 Å². The summed E-state index contributed by atoms with van der Waals surface area (Å²) in [6.07, 6.45) is 1.56. The van der Waals surface area contributed by atoms with Gasteiger partial charge in [0, 0.05) is 19.0 Å². The van der Waals surface area contributed by atoms with Crippen molar-refractivity contribution in [3.63, 3.8) is 0 Å². The molecule has 1 aliphatic rings. The average Bonchev–Trinajstić information content (AvgIpc) is 2.86. The van der Waals surface area contributed by atoms with E-state index in [0.29, 0.717) is 31.6 Å². The Labute approximate surface area is 142 Å². The summed E-state index contributed by atoms with van der Waals surface area (Å²) in [4.78, 5) is 26.0. The topological polar surface area (TPSA) is 84.7 Å². The Morgan fingerprint density at radius 3 is 2.83 bits per heavy atom. The summed E-state index contributed by atoms with van der Waals surface area (Å²) in [5.74, 6) is 0.427. The highest BCUT2D eigenvalue weighted by atomic mass is 35.5. The minimum atomic E-state index is -0.467. The van der Waals surface area contributed by atoms with Crippen molar-refractivity contribution in [3.8, 4) is 5.75 Å². The van der Waals surface area contributed by atoms with E-state index in [2.05, 4.69) is 5.32 Å². The van der Waals surface area contributed by atoms with Crippen LogP contribution >= 0.6 is 12.4 Å². The Kier molecular flexibility index (Phi) is 7.32. The normalized spacial score (nSPS) is 18.3. The maximum Gasteiger partial charge on any atom is 0.249 e. The SMILES string of the molecule is COc1ccccc1N1CCC(NC(=O)CCC(C)N)C1=O.Cl. The zero-order chi connectivity index (χ0) is 16.1. The molecule has 0 bridgehead atoms. The fourth-order valence-electron chi connectivity index (χ4n) is 2.53. The van der Waals surface area contributed by atoms with Gasteiger partial charge in [0.05, 0.1) is 12.8 Å². The lowest BCUT2D eigenvalue weighted by Gasteiger charge is -2.19. The van der Waals surface area contributed by atoms with Gasteiger partial charge in [0.2, 0.25) is 11.8 Å². The third kappa shape index (κ3) is 4.84. The lowest BCUT2D eigenvalue weighted by atomic mass is 10.1. The van der Waals surface area contributed by atoms with Gasteiger partial charge in [0.25, 0.3) is 0 Å². The highest BCUT2D eigenvalue weighted by Gasteiger charge is 2.34. The molecule has 2 unspecified atom stereocenters. The number of rotatable bonds is 6. The maximum atomic E-state index is 12.5. The average molecular weight is 342 g/mol. The number of amides is 2. The number of anilines is 1. The third-order valence-electron chi connectivity index (χ3n) is 3.74. The van der Waals surface area contributed by atoms with Gasteiger partial charge in [-0.05, 0) is 31.9 Å². The molecule has 0 radical (unpaired) electrons. The molecule has 2 amide bonds. The Bertz CT molecular complexity index is 551. The molecule has 1 aromatic carbocycles. The predicted octanol–water partition coefficient (Wildman–Crippen LogP) is 1.47. The molecule has 23 heavy (non-hydrogen) atoms. The molecule has 7 heteroatoms. The third-order valence-corrected chi connectivity index (χ3v) is 3.74. The Morgan fingerprint density at radius 2 is 2.17 bits per heavy atom. The van der Waals surface area contributed by atoms with Gasteiger partial charge in [-0.1, -0.05) is 12.1 Å². The van der Waals surface area contributed by atoms with Crippen LogP contribution in [0.15, 0.2) is 24.3 Å². The molecule has 3 N–H and O–H groups in total. The van der Waals surface area contributed by atoms with E-state index >= 15 is 0 Å². The second-order valence-electron chi connectivity index (χ2n) is 5.59. The zero-order valence-corrected chi connectivity index (χ0v) is 14.3. The Morgan fingerprint density at radius 1 is 1.48 bits per heavy atom. The lowest BCUT2D eigenvalue weighted by Crippen LogP contribution is -2.41. The van der Waals surface area contributed by atoms with Gasteiger partial charge in [0.15, 0.2) is 0 Å². The van der Waals surface area contributed by atoms with Crippen molar-refractivity contribution < 1.29 is 14.3 Å². The van der Waals surface area contributed by atoms with Crippen LogP contribution < -0.4 is 20.7 Å². The van der Waals surface area contributed by atoms with E-state index in [0.717, 1.165) is 5.69 Å². The van der Waals surface area contributed by atoms with Gasteiger partial charge in [-0.2, -0.15) is 0 Å². The number of nitrogens with zero attached hydrogens (tertiary/aromatic N) is 1. The molecule has 0 aliphatic carbocycles. The van der Waals surface area contributed by atoms with Crippen molar-refractivity contribution in [2.45, 2.75) is 38.3 Å². The van der Waals surface area contributed by atoms with Gasteiger partial charge in [0.1, 0.15) is 11.8 Å². The second kappa shape index (κ2) is 8.74. The quantitative estimate of drug-likeness (QED) is 0.820. The van der Waals surface area contributed by atoms with Crippen LogP contribution in [-0.2, 0) is 9.59 Å². The molecule has 1 saturated heterocycles. The molecular weight excluding hydrogens is 318 g/mol. The summed E-state index contributed by atoms with van der Waals surface area (Å²) in [5.41, 5.74) is 6.38. The summed E-state index contributed by atoms with van der Waals surface area (Å²) < 4.78 is 5.29. The number of ether oxygens (including phenoxy) is 1. The number of benzene rings is 1. The van der Waals surface area contributed by atoms with E-state index in [4.69, 9.17) is 10.5 Å². The van der Waals surface area contributed by atoms with Crippen LogP contribution in [0, 0.1) is 0 Å². The van der Waals surface area contributed by atoms with E-state index in [1.807, 2.05) is 31.2 Å². The molecule has 0 spiro atoms. The molecule has 1 aliphatic heterocycles. The van der Waals surface area contributed by atoms with Crippen LogP contribution in [0.4, 0.5) is 5.69 Å². The maximum absolute atomic E-state index is 12.5. The molecule has 1 aromatic rings. The number of carbonyl (C=O) groups excluding carboxylic acids is 2. The summed E-state index contributed by atoms with van der Waals surface area (Å²) in [6.45, 7) is 2.43. The Hall–Kier alpha value is -1.79. The fraction of sp³-hybridized carbons (Fsp3) is 0.500. The summed E-state index contributed by atoms with van der Waals surface area (Å²) in [7, 11) is 1.58. The number of hydrogen-bond acceptors (Lipinski definition) is 4. The monoisotopic (exact) mass is 341 g/mol. The van der Waals surface area contributed by atoms with Gasteiger partial charge in [-0.3, -0.25) is 9.59 Å². The summed E-state index contributed by atoms with van der Waals surface area (Å²) in [6, 6.07) is 6.89. The van der Waals surface area contributed by atoms with Crippen molar-refractivity contribution in [1.29, 1.82) is 0 Å². The molecule has 128 valence electrons. The molecule has 1 heterocycles. The number of methoxy groups -OCH3 is 1. The van der Waals surface area contributed by atoms with Crippen LogP contribution in [0.2, 0.25) is 0 Å². The molecule has 1 fully saturated rings. The smallest absolute Gasteiger partial charge is 0.249 e. The molecule has 0 saturated carbocycles. The number of carbonyl (C=O) groups is 2. The number of para-hydroxylation sites is 2. The molecule has 2 atom stereocenters. The van der Waals surface area contributed by atoms with E-state index in [9.17, 15) is 9.59 Å². The van der Waals surface area contributed by atoms with Gasteiger partial charge >= 0.3 is 0 Å². The number of nitrogens with two attached hydrogens (primary N) is 1. The van der Waals surface area contributed by atoms with Crippen LogP contribution in [0.3, 0.4) is 0 Å². The zero-order valence-electron chi connectivity index (χ0n) is 13.5. The van der Waals surface area contributed by atoms with Crippen LogP contribution in [-0.4, -0.2) is 37.6 Å². The first-order chi connectivity index (χ1) is 10.5. The van der Waals surface area contributed by atoms with Gasteiger partial charge in [-0.15, -0.1) is 12.4 Å². The Balaban J connectivity index is 0.00000264. The van der Waals surface area contributed by atoms with E-state index < -0.39 is 6.04 Å². The number of hydrogen-bond donors (Lipinski definition) is 2. The fourth-order valence-corrected chi connectivity index (χ4v) is 2.53. The number of nitrogens with one attached hydrogen (secondary N) is 1. The van der Waals surface area contributed by atoms with E-state index in [-0.39, 0.29) is 30.3 Å². The van der Waals surface area contributed by atoms with Crippen LogP contribution in [0.1, 0.15) is 26.2 Å².